The molecule has 184 valence electrons. The van der Waals surface area contributed by atoms with Crippen LogP contribution in [0.5, 0.6) is 0 Å². The minimum Gasteiger partial charge on any atom is -0.375 e. The zero-order chi connectivity index (χ0) is 25.5. The van der Waals surface area contributed by atoms with Crippen LogP contribution in [0.1, 0.15) is 11.1 Å². The van der Waals surface area contributed by atoms with Crippen LogP contribution in [0.15, 0.2) is 46.2 Å². The van der Waals surface area contributed by atoms with E-state index in [4.69, 9.17) is 0 Å². The lowest BCUT2D eigenvalue weighted by atomic mass is 10.1. The second kappa shape index (κ2) is 11.3. The van der Waals surface area contributed by atoms with Crippen molar-refractivity contribution >= 4 is 55.6 Å². The van der Waals surface area contributed by atoms with Gasteiger partial charge in [0.05, 0.1) is 0 Å². The van der Waals surface area contributed by atoms with Crippen molar-refractivity contribution in [2.24, 2.45) is 0 Å². The molecule has 0 aromatic heterocycles. The molecular weight excluding hydrogens is 492 g/mol. The van der Waals surface area contributed by atoms with Crippen molar-refractivity contribution in [3.8, 4) is 0 Å². The predicted molar refractivity (Wildman–Crippen MR) is 122 cm³/mol. The van der Waals surface area contributed by atoms with Crippen molar-refractivity contribution in [1.82, 2.24) is 0 Å². The van der Waals surface area contributed by atoms with Gasteiger partial charge in [-0.3, -0.25) is 18.7 Å². The summed E-state index contributed by atoms with van der Waals surface area (Å²) in [6, 6.07) is 7.30. The number of rotatable bonds is 10. The molecule has 12 nitrogen and oxygen atoms in total. The van der Waals surface area contributed by atoms with Gasteiger partial charge in [0.1, 0.15) is 23.0 Å². The van der Waals surface area contributed by atoms with E-state index in [1.54, 1.807) is 0 Å². The number of carbonyl (C=O) groups is 2. The molecule has 0 unspecified atom stereocenters. The first-order chi connectivity index (χ1) is 15.8. The molecule has 0 heterocycles. The summed E-state index contributed by atoms with van der Waals surface area (Å²) in [5.41, 5.74) is 0.0696. The number of hydrogen-bond acceptors (Lipinski definition) is 8. The summed E-state index contributed by atoms with van der Waals surface area (Å²) in [4.78, 5) is 22.2. The molecule has 0 spiro atoms. The fourth-order valence-electron chi connectivity index (χ4n) is 2.78. The molecule has 0 radical (unpaired) electrons. The highest BCUT2D eigenvalue weighted by atomic mass is 32.2. The minimum absolute atomic E-state index is 0.0361. The lowest BCUT2D eigenvalue weighted by Crippen LogP contribution is -2.17. The number of ether oxygens (including phenoxy) is 2. The van der Waals surface area contributed by atoms with E-state index in [2.05, 4.69) is 20.1 Å². The number of benzene rings is 2. The van der Waals surface area contributed by atoms with Crippen LogP contribution in [-0.4, -0.2) is 65.2 Å². The maximum atomic E-state index is 11.9. The van der Waals surface area contributed by atoms with E-state index in [1.165, 1.54) is 50.6 Å². The van der Waals surface area contributed by atoms with Gasteiger partial charge in [-0.2, -0.15) is 16.8 Å². The Labute approximate surface area is 196 Å². The highest BCUT2D eigenvalue weighted by molar-refractivity contribution is 7.86. The van der Waals surface area contributed by atoms with Gasteiger partial charge in [0.2, 0.25) is 11.8 Å². The molecule has 0 saturated heterocycles. The fraction of sp³-hybridized carbons (Fsp3) is 0.200. The van der Waals surface area contributed by atoms with Gasteiger partial charge in [-0.05, 0) is 35.4 Å². The van der Waals surface area contributed by atoms with E-state index in [-0.39, 0.29) is 35.7 Å². The van der Waals surface area contributed by atoms with Crippen LogP contribution in [-0.2, 0) is 39.3 Å². The number of methoxy groups -OCH3 is 2. The number of carbonyl (C=O) groups excluding carboxylic acids is 2. The van der Waals surface area contributed by atoms with E-state index in [0.29, 0.717) is 0 Å². The van der Waals surface area contributed by atoms with Gasteiger partial charge in [0.25, 0.3) is 20.2 Å². The van der Waals surface area contributed by atoms with Crippen LogP contribution in [0, 0.1) is 0 Å². The Balaban J connectivity index is 2.47. The van der Waals surface area contributed by atoms with Crippen molar-refractivity contribution in [3.05, 3.63) is 47.5 Å². The number of hydrogen-bond donors (Lipinski definition) is 4. The topological polar surface area (TPSA) is 185 Å². The van der Waals surface area contributed by atoms with Crippen LogP contribution in [0.3, 0.4) is 0 Å². The molecule has 0 aliphatic rings. The number of amides is 2. The van der Waals surface area contributed by atoms with Gasteiger partial charge in [-0.25, -0.2) is 0 Å². The molecular formula is C20H22N2O10S2. The zero-order valence-corrected chi connectivity index (χ0v) is 19.6. The summed E-state index contributed by atoms with van der Waals surface area (Å²) in [5, 5.41) is 4.79. The van der Waals surface area contributed by atoms with Crippen molar-refractivity contribution in [1.29, 1.82) is 0 Å². The van der Waals surface area contributed by atoms with E-state index < -0.39 is 41.8 Å². The standard InChI is InChI=1S/C20H22N2O10S2/c1-31-11-19(23)21-15-7-5-13(17(9-15)33(25,26)27)3-4-14-6-8-16(22-20(24)12-32-2)10-18(14)34(28,29)30/h3-10H,11-12H2,1-2H3,(H,21,23)(H,22,24)(H,25,26,27)(H,28,29,30)/b4-3+. The van der Waals surface area contributed by atoms with Crippen molar-refractivity contribution in [3.63, 3.8) is 0 Å². The van der Waals surface area contributed by atoms with Gasteiger partial charge < -0.3 is 20.1 Å². The molecule has 2 amide bonds. The SMILES string of the molecule is COCC(=O)Nc1ccc(/C=C/c2ccc(NC(=O)COC)cc2S(=O)(=O)O)c(S(=O)(=O)O)c1. The summed E-state index contributed by atoms with van der Waals surface area (Å²) in [6.07, 6.45) is 2.38. The lowest BCUT2D eigenvalue weighted by molar-refractivity contribution is -0.120. The highest BCUT2D eigenvalue weighted by Gasteiger charge is 2.18. The largest absolute Gasteiger partial charge is 0.375 e. The first-order valence-electron chi connectivity index (χ1n) is 9.34. The third-order valence-electron chi connectivity index (χ3n) is 4.14. The van der Waals surface area contributed by atoms with Crippen molar-refractivity contribution in [2.45, 2.75) is 9.79 Å². The number of nitrogens with one attached hydrogen (secondary N) is 2. The van der Waals surface area contributed by atoms with E-state index in [9.17, 15) is 35.5 Å². The minimum atomic E-state index is -4.73. The van der Waals surface area contributed by atoms with Gasteiger partial charge in [-0.1, -0.05) is 24.3 Å². The average molecular weight is 515 g/mol. The zero-order valence-electron chi connectivity index (χ0n) is 18.0. The van der Waals surface area contributed by atoms with Gasteiger partial charge in [0, 0.05) is 25.6 Å². The molecule has 0 saturated carbocycles. The molecule has 0 aliphatic heterocycles. The molecule has 0 fully saturated rings. The maximum absolute atomic E-state index is 11.9. The normalized spacial score (nSPS) is 12.0. The van der Waals surface area contributed by atoms with E-state index in [0.717, 1.165) is 12.1 Å². The van der Waals surface area contributed by atoms with Crippen molar-refractivity contribution in [2.75, 3.05) is 38.1 Å². The molecule has 2 aromatic carbocycles. The van der Waals surface area contributed by atoms with Crippen LogP contribution in [0.2, 0.25) is 0 Å². The molecule has 2 aromatic rings. The number of anilines is 2. The average Bonchev–Trinajstić information content (AvgIpc) is 2.72. The van der Waals surface area contributed by atoms with E-state index in [1.807, 2.05) is 0 Å². The molecule has 4 N–H and O–H groups in total. The Morgan fingerprint density at radius 2 is 1.12 bits per heavy atom. The molecule has 0 bridgehead atoms. The van der Waals surface area contributed by atoms with Gasteiger partial charge in [0.15, 0.2) is 0 Å². The lowest BCUT2D eigenvalue weighted by Gasteiger charge is -2.10. The summed E-state index contributed by atoms with van der Waals surface area (Å²) in [5.74, 6) is -1.11. The van der Waals surface area contributed by atoms with Gasteiger partial charge >= 0.3 is 0 Å². The monoisotopic (exact) mass is 514 g/mol. The fourth-order valence-corrected chi connectivity index (χ4v) is 4.20. The quantitative estimate of drug-likeness (QED) is 0.267. The Bertz CT molecular complexity index is 1220. The summed E-state index contributed by atoms with van der Waals surface area (Å²) in [6.45, 7) is -0.549. The van der Waals surface area contributed by atoms with Crippen LogP contribution in [0.4, 0.5) is 11.4 Å². The molecule has 14 heteroatoms. The second-order valence-electron chi connectivity index (χ2n) is 6.75. The van der Waals surface area contributed by atoms with Crippen molar-refractivity contribution < 1.29 is 45.0 Å². The second-order valence-corrected chi connectivity index (χ2v) is 9.53. The Morgan fingerprint density at radius 3 is 1.41 bits per heavy atom. The van der Waals surface area contributed by atoms with Gasteiger partial charge in [-0.15, -0.1) is 0 Å². The molecule has 2 rings (SSSR count). The highest BCUT2D eigenvalue weighted by Crippen LogP contribution is 2.26. The predicted octanol–water partition coefficient (Wildman–Crippen LogP) is 1.52. The Kier molecular flexibility index (Phi) is 9.03. The van der Waals surface area contributed by atoms with E-state index >= 15 is 0 Å². The maximum Gasteiger partial charge on any atom is 0.295 e. The smallest absolute Gasteiger partial charge is 0.295 e. The van der Waals surface area contributed by atoms with Crippen LogP contribution < -0.4 is 10.6 Å². The summed E-state index contributed by atoms with van der Waals surface area (Å²) < 4.78 is 75.9. The summed E-state index contributed by atoms with van der Waals surface area (Å²) in [7, 11) is -6.86. The first kappa shape index (κ1) is 27.1. The van der Waals surface area contributed by atoms with Crippen LogP contribution >= 0.6 is 0 Å². The van der Waals surface area contributed by atoms with Crippen LogP contribution in [0.25, 0.3) is 12.2 Å². The first-order valence-corrected chi connectivity index (χ1v) is 12.2. The summed E-state index contributed by atoms with van der Waals surface area (Å²) >= 11 is 0. The third kappa shape index (κ3) is 7.72. The molecule has 0 aliphatic carbocycles. The molecule has 0 atom stereocenters. The molecule has 34 heavy (non-hydrogen) atoms. The Hall–Kier alpha value is -3.14. The Morgan fingerprint density at radius 1 is 0.765 bits per heavy atom. The third-order valence-corrected chi connectivity index (χ3v) is 5.96.